The molecule has 1 heterocycles. The number of ether oxygens (including phenoxy) is 1. The second-order valence-corrected chi connectivity index (χ2v) is 6.14. The van der Waals surface area contributed by atoms with E-state index in [9.17, 15) is 0 Å². The summed E-state index contributed by atoms with van der Waals surface area (Å²) in [5, 5.41) is 1.16. The van der Waals surface area contributed by atoms with Gasteiger partial charge in [0.15, 0.2) is 0 Å². The van der Waals surface area contributed by atoms with Crippen LogP contribution in [0.25, 0.3) is 33.2 Å². The number of aromatic nitrogens is 1. The third kappa shape index (κ3) is 2.99. The summed E-state index contributed by atoms with van der Waals surface area (Å²) in [7, 11) is 1.69. The van der Waals surface area contributed by atoms with Crippen molar-refractivity contribution in [1.29, 1.82) is 0 Å². The fourth-order valence-corrected chi connectivity index (χ4v) is 3.18. The molecule has 4 aromatic rings. The molecule has 0 bridgehead atoms. The fraction of sp³-hybridized carbons (Fsp3) is 0.0870. The Morgan fingerprint density at radius 1 is 0.720 bits per heavy atom. The first-order chi connectivity index (χ1) is 12.2. The number of methoxy groups -OCH3 is 1. The van der Waals surface area contributed by atoms with Crippen molar-refractivity contribution in [2.75, 3.05) is 7.11 Å². The van der Waals surface area contributed by atoms with Gasteiger partial charge in [-0.3, -0.25) is 4.98 Å². The highest BCUT2D eigenvalue weighted by molar-refractivity contribution is 5.97. The summed E-state index contributed by atoms with van der Waals surface area (Å²) < 4.78 is 5.28. The molecule has 0 fully saturated rings. The van der Waals surface area contributed by atoms with E-state index in [1.165, 1.54) is 22.3 Å². The van der Waals surface area contributed by atoms with E-state index in [-0.39, 0.29) is 0 Å². The van der Waals surface area contributed by atoms with Crippen molar-refractivity contribution in [3.8, 4) is 28.0 Å². The van der Waals surface area contributed by atoms with Crippen LogP contribution >= 0.6 is 0 Å². The van der Waals surface area contributed by atoms with Crippen LogP contribution in [-0.2, 0) is 0 Å². The molecule has 0 atom stereocenters. The van der Waals surface area contributed by atoms with Gasteiger partial charge in [-0.1, -0.05) is 48.5 Å². The van der Waals surface area contributed by atoms with Crippen molar-refractivity contribution in [3.05, 3.63) is 84.6 Å². The topological polar surface area (TPSA) is 22.1 Å². The van der Waals surface area contributed by atoms with Crippen molar-refractivity contribution in [2.45, 2.75) is 6.92 Å². The fourth-order valence-electron chi connectivity index (χ4n) is 3.18. The second kappa shape index (κ2) is 6.40. The van der Waals surface area contributed by atoms with Crippen molar-refractivity contribution < 1.29 is 4.74 Å². The van der Waals surface area contributed by atoms with Gasteiger partial charge >= 0.3 is 0 Å². The molecule has 0 unspecified atom stereocenters. The highest BCUT2D eigenvalue weighted by Crippen LogP contribution is 2.32. The lowest BCUT2D eigenvalue weighted by Gasteiger charge is -2.11. The largest absolute Gasteiger partial charge is 0.497 e. The first-order valence-electron chi connectivity index (χ1n) is 8.36. The summed E-state index contributed by atoms with van der Waals surface area (Å²) in [6, 6.07) is 27.3. The zero-order valence-electron chi connectivity index (χ0n) is 14.4. The van der Waals surface area contributed by atoms with Gasteiger partial charge in [0.05, 0.1) is 12.6 Å². The average molecular weight is 325 g/mol. The SMILES string of the molecule is COc1ccc(-c2cc(C)nc3ccc(-c4ccccc4)cc23)cc1. The lowest BCUT2D eigenvalue weighted by Crippen LogP contribution is -1.90. The van der Waals surface area contributed by atoms with Gasteiger partial charge in [0, 0.05) is 11.1 Å². The highest BCUT2D eigenvalue weighted by atomic mass is 16.5. The molecule has 4 rings (SSSR count). The zero-order chi connectivity index (χ0) is 17.2. The number of benzene rings is 3. The van der Waals surface area contributed by atoms with E-state index in [1.54, 1.807) is 7.11 Å². The van der Waals surface area contributed by atoms with Gasteiger partial charge in [0.1, 0.15) is 5.75 Å². The standard InChI is InChI=1S/C23H19NO/c1-16-14-21(18-8-11-20(25-2)12-9-18)22-15-19(10-13-23(22)24-16)17-6-4-3-5-7-17/h3-15H,1-2H3. The number of aryl methyl sites for hydroxylation is 1. The van der Waals surface area contributed by atoms with Crippen LogP contribution in [0.15, 0.2) is 78.9 Å². The van der Waals surface area contributed by atoms with Crippen LogP contribution in [0.5, 0.6) is 5.75 Å². The summed E-state index contributed by atoms with van der Waals surface area (Å²) in [5.41, 5.74) is 6.82. The molecule has 0 amide bonds. The molecule has 0 saturated heterocycles. The van der Waals surface area contributed by atoms with Gasteiger partial charge in [-0.05, 0) is 59.5 Å². The van der Waals surface area contributed by atoms with Crippen LogP contribution in [0.2, 0.25) is 0 Å². The van der Waals surface area contributed by atoms with Crippen molar-refractivity contribution in [3.63, 3.8) is 0 Å². The molecule has 122 valence electrons. The Morgan fingerprint density at radius 3 is 2.16 bits per heavy atom. The van der Waals surface area contributed by atoms with Gasteiger partial charge in [-0.15, -0.1) is 0 Å². The Kier molecular flexibility index (Phi) is 3.95. The van der Waals surface area contributed by atoms with E-state index in [2.05, 4.69) is 60.7 Å². The summed E-state index contributed by atoms with van der Waals surface area (Å²) >= 11 is 0. The number of hydrogen-bond donors (Lipinski definition) is 0. The number of pyridine rings is 1. The summed E-state index contributed by atoms with van der Waals surface area (Å²) in [5.74, 6) is 0.865. The predicted molar refractivity (Wildman–Crippen MR) is 104 cm³/mol. The molecule has 0 spiro atoms. The van der Waals surface area contributed by atoms with Crippen LogP contribution in [0.1, 0.15) is 5.69 Å². The molecule has 25 heavy (non-hydrogen) atoms. The van der Waals surface area contributed by atoms with Gasteiger partial charge in [-0.2, -0.15) is 0 Å². The molecule has 0 aliphatic heterocycles. The maximum absolute atomic E-state index is 5.28. The van der Waals surface area contributed by atoms with Crippen molar-refractivity contribution >= 4 is 10.9 Å². The molecule has 0 saturated carbocycles. The molecule has 1 aromatic heterocycles. The number of rotatable bonds is 3. The van der Waals surface area contributed by atoms with E-state index in [4.69, 9.17) is 9.72 Å². The third-order valence-corrected chi connectivity index (χ3v) is 4.44. The zero-order valence-corrected chi connectivity index (χ0v) is 14.4. The molecular weight excluding hydrogens is 306 g/mol. The Morgan fingerprint density at radius 2 is 1.44 bits per heavy atom. The number of nitrogens with zero attached hydrogens (tertiary/aromatic N) is 1. The van der Waals surface area contributed by atoms with Gasteiger partial charge in [-0.25, -0.2) is 0 Å². The first kappa shape index (κ1) is 15.4. The van der Waals surface area contributed by atoms with Crippen LogP contribution in [0.3, 0.4) is 0 Å². The van der Waals surface area contributed by atoms with Crippen LogP contribution in [-0.4, -0.2) is 12.1 Å². The molecule has 2 heteroatoms. The Hall–Kier alpha value is -3.13. The predicted octanol–water partition coefficient (Wildman–Crippen LogP) is 5.89. The Bertz CT molecular complexity index is 1020. The summed E-state index contributed by atoms with van der Waals surface area (Å²) in [4.78, 5) is 4.71. The number of hydrogen-bond acceptors (Lipinski definition) is 2. The monoisotopic (exact) mass is 325 g/mol. The average Bonchev–Trinajstić information content (AvgIpc) is 2.68. The van der Waals surface area contributed by atoms with Gasteiger partial charge in [0.25, 0.3) is 0 Å². The molecule has 0 aliphatic carbocycles. The lowest BCUT2D eigenvalue weighted by molar-refractivity contribution is 0.415. The highest BCUT2D eigenvalue weighted by Gasteiger charge is 2.09. The van der Waals surface area contributed by atoms with Crippen LogP contribution < -0.4 is 4.74 Å². The van der Waals surface area contributed by atoms with Crippen LogP contribution in [0, 0.1) is 6.92 Å². The van der Waals surface area contributed by atoms with E-state index in [0.717, 1.165) is 22.3 Å². The quantitative estimate of drug-likeness (QED) is 0.469. The lowest BCUT2D eigenvalue weighted by atomic mass is 9.96. The maximum atomic E-state index is 5.28. The summed E-state index contributed by atoms with van der Waals surface area (Å²) in [6.45, 7) is 2.04. The molecule has 0 N–H and O–H groups in total. The minimum Gasteiger partial charge on any atom is -0.497 e. The van der Waals surface area contributed by atoms with E-state index in [1.807, 2.05) is 25.1 Å². The molecular formula is C23H19NO. The third-order valence-electron chi connectivity index (χ3n) is 4.44. The van der Waals surface area contributed by atoms with Gasteiger partial charge < -0.3 is 4.74 Å². The van der Waals surface area contributed by atoms with Gasteiger partial charge in [0.2, 0.25) is 0 Å². The Labute approximate surface area is 147 Å². The van der Waals surface area contributed by atoms with Crippen molar-refractivity contribution in [1.82, 2.24) is 4.98 Å². The summed E-state index contributed by atoms with van der Waals surface area (Å²) in [6.07, 6.45) is 0. The molecule has 3 aromatic carbocycles. The molecule has 0 radical (unpaired) electrons. The minimum atomic E-state index is 0.865. The smallest absolute Gasteiger partial charge is 0.118 e. The maximum Gasteiger partial charge on any atom is 0.118 e. The van der Waals surface area contributed by atoms with E-state index >= 15 is 0 Å². The van der Waals surface area contributed by atoms with Crippen LogP contribution in [0.4, 0.5) is 0 Å². The first-order valence-corrected chi connectivity index (χ1v) is 8.36. The van der Waals surface area contributed by atoms with Crippen molar-refractivity contribution in [2.24, 2.45) is 0 Å². The van der Waals surface area contributed by atoms with E-state index in [0.29, 0.717) is 0 Å². The Balaban J connectivity index is 1.92. The molecule has 2 nitrogen and oxygen atoms in total. The molecule has 0 aliphatic rings. The van der Waals surface area contributed by atoms with E-state index < -0.39 is 0 Å². The second-order valence-electron chi connectivity index (χ2n) is 6.14. The normalized spacial score (nSPS) is 10.8. The minimum absolute atomic E-state index is 0.865. The number of fused-ring (bicyclic) bond motifs is 1.